The first-order chi connectivity index (χ1) is 14.2. The van der Waals surface area contributed by atoms with Gasteiger partial charge < -0.3 is 14.8 Å². The van der Waals surface area contributed by atoms with Crippen LogP contribution in [0.3, 0.4) is 0 Å². The van der Waals surface area contributed by atoms with Gasteiger partial charge in [0.05, 0.1) is 21.5 Å². The highest BCUT2D eigenvalue weighted by Crippen LogP contribution is 2.29. The van der Waals surface area contributed by atoms with Crippen molar-refractivity contribution in [1.29, 1.82) is 0 Å². The number of rotatable bonds is 6. The Morgan fingerprint density at radius 1 is 1.23 bits per heavy atom. The Kier molecular flexibility index (Phi) is 7.02. The zero-order chi connectivity index (χ0) is 22.0. The van der Waals surface area contributed by atoms with Crippen LogP contribution in [0.5, 0.6) is 0 Å². The van der Waals surface area contributed by atoms with Gasteiger partial charge in [-0.05, 0) is 25.1 Å². The minimum atomic E-state index is -0.253. The first-order valence-corrected chi connectivity index (χ1v) is 11.2. The zero-order valence-electron chi connectivity index (χ0n) is 16.6. The van der Waals surface area contributed by atoms with Crippen LogP contribution in [0.2, 0.25) is 10.0 Å². The lowest BCUT2D eigenvalue weighted by atomic mass is 10.2. The van der Waals surface area contributed by atoms with Crippen molar-refractivity contribution < 1.29 is 9.59 Å². The quantitative estimate of drug-likeness (QED) is 0.531. The Morgan fingerprint density at radius 3 is 2.63 bits per heavy atom. The van der Waals surface area contributed by atoms with Gasteiger partial charge in [-0.3, -0.25) is 9.59 Å². The van der Waals surface area contributed by atoms with Gasteiger partial charge in [-0.25, -0.2) is 4.98 Å². The summed E-state index contributed by atoms with van der Waals surface area (Å²) in [5.41, 5.74) is 1.35. The second-order valence-electron chi connectivity index (χ2n) is 6.46. The summed E-state index contributed by atoms with van der Waals surface area (Å²) in [7, 11) is 5.15. The molecule has 0 spiro atoms. The summed E-state index contributed by atoms with van der Waals surface area (Å²) < 4.78 is 1.78. The van der Waals surface area contributed by atoms with Crippen molar-refractivity contribution >= 4 is 63.2 Å². The average Bonchev–Trinajstić information content (AvgIpc) is 3.23. The van der Waals surface area contributed by atoms with Crippen LogP contribution in [0, 0.1) is 6.92 Å². The molecule has 3 aromatic rings. The van der Waals surface area contributed by atoms with E-state index in [0.29, 0.717) is 36.7 Å². The number of aromatic nitrogens is 4. The molecule has 30 heavy (non-hydrogen) atoms. The van der Waals surface area contributed by atoms with Gasteiger partial charge >= 0.3 is 0 Å². The largest absolute Gasteiger partial charge is 0.344 e. The number of hydrogen-bond donors (Lipinski definition) is 1. The van der Waals surface area contributed by atoms with Crippen LogP contribution in [0.4, 0.5) is 5.13 Å². The Balaban J connectivity index is 1.64. The first-order valence-electron chi connectivity index (χ1n) is 8.64. The van der Waals surface area contributed by atoms with Crippen molar-refractivity contribution in [2.24, 2.45) is 7.05 Å². The standard InChI is InChI=1S/C18H18Cl2N6O2S2/c1-9-14(16(28)25(2)3)30-17(21-9)22-13(27)8-29-18-24-23-15(26(18)4)10-5-6-11(19)12(20)7-10/h5-7H,8H2,1-4H3,(H,21,22,27). The number of thioether (sulfide) groups is 1. The summed E-state index contributed by atoms with van der Waals surface area (Å²) in [5, 5.41) is 12.9. The van der Waals surface area contributed by atoms with Crippen LogP contribution in [-0.4, -0.2) is 56.3 Å². The number of amides is 2. The number of nitrogens with one attached hydrogen (secondary N) is 1. The summed E-state index contributed by atoms with van der Waals surface area (Å²) in [6.07, 6.45) is 0. The Labute approximate surface area is 191 Å². The first kappa shape index (κ1) is 22.5. The van der Waals surface area contributed by atoms with Crippen LogP contribution >= 0.6 is 46.3 Å². The maximum absolute atomic E-state index is 12.3. The molecule has 0 bridgehead atoms. The van der Waals surface area contributed by atoms with Crippen LogP contribution in [0.15, 0.2) is 23.4 Å². The second kappa shape index (κ2) is 9.34. The van der Waals surface area contributed by atoms with Crippen LogP contribution in [0.1, 0.15) is 15.4 Å². The molecule has 158 valence electrons. The molecule has 0 radical (unpaired) electrons. The van der Waals surface area contributed by atoms with Gasteiger partial charge in [-0.15, -0.1) is 10.2 Å². The summed E-state index contributed by atoms with van der Waals surface area (Å²) in [6.45, 7) is 1.74. The third kappa shape index (κ3) is 4.94. The van der Waals surface area contributed by atoms with Crippen LogP contribution in [0.25, 0.3) is 11.4 Å². The number of nitrogens with zero attached hydrogens (tertiary/aromatic N) is 5. The van der Waals surface area contributed by atoms with Crippen molar-refractivity contribution in [3.05, 3.63) is 38.8 Å². The third-order valence-electron chi connectivity index (χ3n) is 3.99. The molecule has 3 rings (SSSR count). The lowest BCUT2D eigenvalue weighted by molar-refractivity contribution is -0.113. The van der Waals surface area contributed by atoms with E-state index in [1.807, 2.05) is 0 Å². The summed E-state index contributed by atoms with van der Waals surface area (Å²) in [5.74, 6) is 0.326. The Morgan fingerprint density at radius 2 is 1.97 bits per heavy atom. The molecule has 2 aromatic heterocycles. The number of anilines is 1. The molecule has 0 saturated heterocycles. The molecule has 0 fully saturated rings. The third-order valence-corrected chi connectivity index (χ3v) is 6.81. The van der Waals surface area contributed by atoms with Crippen molar-refractivity contribution in [2.75, 3.05) is 25.2 Å². The van der Waals surface area contributed by atoms with E-state index in [4.69, 9.17) is 23.2 Å². The fraction of sp³-hybridized carbons (Fsp3) is 0.278. The van der Waals surface area contributed by atoms with E-state index in [-0.39, 0.29) is 17.6 Å². The number of hydrogen-bond acceptors (Lipinski definition) is 7. The molecule has 8 nitrogen and oxygen atoms in total. The number of aryl methyl sites for hydroxylation is 1. The van der Waals surface area contributed by atoms with Gasteiger partial charge in [0, 0.05) is 26.7 Å². The van der Waals surface area contributed by atoms with Crippen molar-refractivity contribution in [1.82, 2.24) is 24.6 Å². The van der Waals surface area contributed by atoms with Gasteiger partial charge in [-0.2, -0.15) is 0 Å². The van der Waals surface area contributed by atoms with Gasteiger partial charge in [0.25, 0.3) is 5.91 Å². The van der Waals surface area contributed by atoms with Crippen LogP contribution < -0.4 is 5.32 Å². The van der Waals surface area contributed by atoms with E-state index in [9.17, 15) is 9.59 Å². The fourth-order valence-corrected chi connectivity index (χ4v) is 4.48. The van der Waals surface area contributed by atoms with Gasteiger partial charge in [0.2, 0.25) is 5.91 Å². The Bertz CT molecular complexity index is 1110. The molecule has 1 N–H and O–H groups in total. The number of carbonyl (C=O) groups excluding carboxylic acids is 2. The monoisotopic (exact) mass is 484 g/mol. The van der Waals surface area contributed by atoms with E-state index in [0.717, 1.165) is 16.9 Å². The molecule has 2 heterocycles. The predicted molar refractivity (Wildman–Crippen MR) is 121 cm³/mol. The predicted octanol–water partition coefficient (Wildman–Crippen LogP) is 3.99. The van der Waals surface area contributed by atoms with Gasteiger partial charge in [0.1, 0.15) is 4.88 Å². The smallest absolute Gasteiger partial charge is 0.265 e. The highest BCUT2D eigenvalue weighted by atomic mass is 35.5. The van der Waals surface area contributed by atoms with Gasteiger partial charge in [-0.1, -0.05) is 46.3 Å². The molecule has 1 aromatic carbocycles. The molecule has 2 amide bonds. The van der Waals surface area contributed by atoms with E-state index >= 15 is 0 Å². The maximum Gasteiger partial charge on any atom is 0.265 e. The lowest BCUT2D eigenvalue weighted by Crippen LogP contribution is -2.21. The number of benzene rings is 1. The van der Waals surface area contributed by atoms with E-state index in [1.165, 1.54) is 16.7 Å². The Hall–Kier alpha value is -2.14. The molecule has 0 atom stereocenters. The average molecular weight is 485 g/mol. The SMILES string of the molecule is Cc1nc(NC(=O)CSc2nnc(-c3ccc(Cl)c(Cl)c3)n2C)sc1C(=O)N(C)C. The van der Waals surface area contributed by atoms with E-state index < -0.39 is 0 Å². The fourth-order valence-electron chi connectivity index (χ4n) is 2.46. The minimum absolute atomic E-state index is 0.114. The molecule has 0 aliphatic rings. The highest BCUT2D eigenvalue weighted by molar-refractivity contribution is 7.99. The summed E-state index contributed by atoms with van der Waals surface area (Å²) in [6, 6.07) is 5.21. The molecule has 12 heteroatoms. The minimum Gasteiger partial charge on any atom is -0.344 e. The van der Waals surface area contributed by atoms with Crippen molar-refractivity contribution in [3.63, 3.8) is 0 Å². The van der Waals surface area contributed by atoms with Crippen molar-refractivity contribution in [2.45, 2.75) is 12.1 Å². The number of carbonyl (C=O) groups is 2. The molecule has 0 aliphatic heterocycles. The second-order valence-corrected chi connectivity index (χ2v) is 9.22. The zero-order valence-corrected chi connectivity index (χ0v) is 19.7. The normalized spacial score (nSPS) is 10.9. The highest BCUT2D eigenvalue weighted by Gasteiger charge is 2.19. The molecular formula is C18H18Cl2N6O2S2. The van der Waals surface area contributed by atoms with Gasteiger partial charge in [0.15, 0.2) is 16.1 Å². The molecule has 0 aliphatic carbocycles. The summed E-state index contributed by atoms with van der Waals surface area (Å²) in [4.78, 5) is 30.7. The number of thiazole rings is 1. The number of halogens is 2. The van der Waals surface area contributed by atoms with Crippen molar-refractivity contribution in [3.8, 4) is 11.4 Å². The lowest BCUT2D eigenvalue weighted by Gasteiger charge is -2.07. The van der Waals surface area contributed by atoms with Crippen LogP contribution in [-0.2, 0) is 11.8 Å². The summed E-state index contributed by atoms with van der Waals surface area (Å²) >= 11 is 14.4. The molecule has 0 saturated carbocycles. The molecular weight excluding hydrogens is 467 g/mol. The topological polar surface area (TPSA) is 93.0 Å². The van der Waals surface area contributed by atoms with E-state index in [2.05, 4.69) is 20.5 Å². The molecule has 0 unspecified atom stereocenters. The maximum atomic E-state index is 12.3. The van der Waals surface area contributed by atoms with E-state index in [1.54, 1.807) is 50.8 Å².